The van der Waals surface area contributed by atoms with E-state index in [-0.39, 0.29) is 17.8 Å². The Hall–Kier alpha value is -2.77. The summed E-state index contributed by atoms with van der Waals surface area (Å²) in [5.41, 5.74) is 0.810. The van der Waals surface area contributed by atoms with E-state index < -0.39 is 0 Å². The van der Waals surface area contributed by atoms with Gasteiger partial charge in [0.2, 0.25) is 0 Å². The average Bonchev–Trinajstić information content (AvgIpc) is 3.01. The van der Waals surface area contributed by atoms with Crippen molar-refractivity contribution < 1.29 is 9.90 Å². The maximum absolute atomic E-state index is 12.4. The van der Waals surface area contributed by atoms with Gasteiger partial charge >= 0.3 is 6.03 Å². The first kappa shape index (κ1) is 16.1. The first-order chi connectivity index (χ1) is 11.6. The van der Waals surface area contributed by atoms with Gasteiger partial charge in [-0.15, -0.1) is 10.2 Å². The number of phenols is 1. The molecule has 8 heteroatoms. The molecule has 0 spiro atoms. The van der Waals surface area contributed by atoms with Crippen LogP contribution in [0.4, 0.5) is 10.5 Å². The molecule has 0 radical (unpaired) electrons. The molecule has 8 nitrogen and oxygen atoms in total. The van der Waals surface area contributed by atoms with Crippen LogP contribution in [-0.4, -0.2) is 57.0 Å². The lowest BCUT2D eigenvalue weighted by Gasteiger charge is -2.36. The normalized spacial score (nSPS) is 16.1. The predicted octanol–water partition coefficient (Wildman–Crippen LogP) is 1.11. The van der Waals surface area contributed by atoms with Crippen molar-refractivity contribution in [2.24, 2.45) is 7.05 Å². The summed E-state index contributed by atoms with van der Waals surface area (Å²) in [7, 11) is 1.85. The zero-order valence-electron chi connectivity index (χ0n) is 13.9. The number of hydrogen-bond acceptors (Lipinski definition) is 5. The van der Waals surface area contributed by atoms with Crippen molar-refractivity contribution in [2.45, 2.75) is 13.0 Å². The quantitative estimate of drug-likeness (QED) is 0.880. The molecule has 1 aromatic heterocycles. The Balaban J connectivity index is 1.56. The summed E-state index contributed by atoms with van der Waals surface area (Å²) in [5.74, 6) is 0.988. The lowest BCUT2D eigenvalue weighted by atomic mass is 10.2. The SMILES string of the molecule is C[C@H](NC(=O)N1CCN(c2ccccc2O)CC1)c1nncn1C. The lowest BCUT2D eigenvalue weighted by molar-refractivity contribution is 0.190. The summed E-state index contributed by atoms with van der Waals surface area (Å²) in [5, 5.41) is 20.7. The van der Waals surface area contributed by atoms with E-state index in [1.165, 1.54) is 0 Å². The number of rotatable bonds is 3. The van der Waals surface area contributed by atoms with Crippen LogP contribution in [0.5, 0.6) is 5.75 Å². The lowest BCUT2D eigenvalue weighted by Crippen LogP contribution is -2.52. The fraction of sp³-hybridized carbons (Fsp3) is 0.438. The Bertz CT molecular complexity index is 708. The number of carbonyl (C=O) groups excluding carboxylic acids is 1. The van der Waals surface area contributed by atoms with E-state index in [1.807, 2.05) is 26.1 Å². The Morgan fingerprint density at radius 2 is 1.96 bits per heavy atom. The smallest absolute Gasteiger partial charge is 0.318 e. The van der Waals surface area contributed by atoms with E-state index in [0.29, 0.717) is 26.2 Å². The number of piperazine rings is 1. The molecule has 24 heavy (non-hydrogen) atoms. The Morgan fingerprint density at radius 1 is 1.25 bits per heavy atom. The second-order valence-electron chi connectivity index (χ2n) is 5.93. The molecule has 3 rings (SSSR count). The molecule has 2 N–H and O–H groups in total. The highest BCUT2D eigenvalue weighted by molar-refractivity contribution is 5.75. The van der Waals surface area contributed by atoms with Crippen LogP contribution in [-0.2, 0) is 7.05 Å². The largest absolute Gasteiger partial charge is 0.506 e. The van der Waals surface area contributed by atoms with E-state index in [0.717, 1.165) is 11.5 Å². The van der Waals surface area contributed by atoms with Crippen molar-refractivity contribution in [3.8, 4) is 5.75 Å². The third kappa shape index (κ3) is 3.27. The minimum atomic E-state index is -0.207. The van der Waals surface area contributed by atoms with Gasteiger partial charge in [-0.3, -0.25) is 0 Å². The summed E-state index contributed by atoms with van der Waals surface area (Å²) in [4.78, 5) is 16.3. The van der Waals surface area contributed by atoms with Crippen molar-refractivity contribution in [1.82, 2.24) is 25.0 Å². The summed E-state index contributed by atoms with van der Waals surface area (Å²) in [6.07, 6.45) is 1.61. The number of hydrogen-bond donors (Lipinski definition) is 2. The minimum Gasteiger partial charge on any atom is -0.506 e. The van der Waals surface area contributed by atoms with Crippen LogP contribution in [0.3, 0.4) is 0 Å². The summed E-state index contributed by atoms with van der Waals surface area (Å²) < 4.78 is 1.79. The Labute approximate surface area is 140 Å². The van der Waals surface area contributed by atoms with E-state index >= 15 is 0 Å². The maximum Gasteiger partial charge on any atom is 0.318 e. The molecule has 2 amide bonds. The molecule has 2 heterocycles. The van der Waals surface area contributed by atoms with Gasteiger partial charge in [-0.25, -0.2) is 4.79 Å². The predicted molar refractivity (Wildman–Crippen MR) is 89.8 cm³/mol. The fourth-order valence-electron chi connectivity index (χ4n) is 2.91. The molecule has 2 aromatic rings. The van der Waals surface area contributed by atoms with Crippen LogP contribution in [0, 0.1) is 0 Å². The van der Waals surface area contributed by atoms with E-state index in [1.54, 1.807) is 27.9 Å². The van der Waals surface area contributed by atoms with E-state index in [9.17, 15) is 9.90 Å². The number of aromatic nitrogens is 3. The summed E-state index contributed by atoms with van der Waals surface area (Å²) in [6, 6.07) is 6.95. The van der Waals surface area contributed by atoms with Crippen molar-refractivity contribution in [3.63, 3.8) is 0 Å². The third-order valence-corrected chi connectivity index (χ3v) is 4.26. The molecule has 1 aromatic carbocycles. The monoisotopic (exact) mass is 330 g/mol. The molecule has 0 saturated carbocycles. The average molecular weight is 330 g/mol. The van der Waals surface area contributed by atoms with Gasteiger partial charge in [0.1, 0.15) is 12.1 Å². The molecular weight excluding hydrogens is 308 g/mol. The molecule has 1 aliphatic heterocycles. The number of nitrogens with zero attached hydrogens (tertiary/aromatic N) is 5. The molecule has 0 bridgehead atoms. The first-order valence-corrected chi connectivity index (χ1v) is 7.98. The molecule has 1 fully saturated rings. The van der Waals surface area contributed by atoms with Gasteiger partial charge in [0.15, 0.2) is 5.82 Å². The Morgan fingerprint density at radius 3 is 2.58 bits per heavy atom. The van der Waals surface area contributed by atoms with E-state index in [4.69, 9.17) is 0 Å². The summed E-state index contributed by atoms with van der Waals surface area (Å²) in [6.45, 7) is 4.46. The van der Waals surface area contributed by atoms with Crippen LogP contribution >= 0.6 is 0 Å². The second kappa shape index (κ2) is 6.77. The van der Waals surface area contributed by atoms with Crippen LogP contribution in [0.2, 0.25) is 0 Å². The highest BCUT2D eigenvalue weighted by atomic mass is 16.3. The van der Waals surface area contributed by atoms with E-state index in [2.05, 4.69) is 20.4 Å². The fourth-order valence-corrected chi connectivity index (χ4v) is 2.91. The van der Waals surface area contributed by atoms with Crippen LogP contribution in [0.15, 0.2) is 30.6 Å². The van der Waals surface area contributed by atoms with Crippen molar-refractivity contribution >= 4 is 11.7 Å². The van der Waals surface area contributed by atoms with Crippen LogP contribution in [0.1, 0.15) is 18.8 Å². The van der Waals surface area contributed by atoms with Gasteiger partial charge in [-0.05, 0) is 19.1 Å². The van der Waals surface area contributed by atoms with Gasteiger partial charge in [0.25, 0.3) is 0 Å². The zero-order chi connectivity index (χ0) is 17.1. The van der Waals surface area contributed by atoms with Crippen molar-refractivity contribution in [2.75, 3.05) is 31.1 Å². The molecule has 1 atom stereocenters. The Kier molecular flexibility index (Phi) is 4.54. The second-order valence-corrected chi connectivity index (χ2v) is 5.93. The number of amides is 2. The number of aromatic hydroxyl groups is 1. The number of aryl methyl sites for hydroxylation is 1. The number of para-hydroxylation sites is 2. The molecule has 1 aliphatic rings. The van der Waals surface area contributed by atoms with Crippen LogP contribution < -0.4 is 10.2 Å². The molecule has 0 aliphatic carbocycles. The van der Waals surface area contributed by atoms with Crippen molar-refractivity contribution in [3.05, 3.63) is 36.4 Å². The zero-order valence-corrected chi connectivity index (χ0v) is 13.9. The number of urea groups is 1. The summed E-state index contributed by atoms with van der Waals surface area (Å²) >= 11 is 0. The van der Waals surface area contributed by atoms with Crippen molar-refractivity contribution in [1.29, 1.82) is 0 Å². The highest BCUT2D eigenvalue weighted by Gasteiger charge is 2.24. The number of phenolic OH excluding ortho intramolecular Hbond substituents is 1. The topological polar surface area (TPSA) is 86.5 Å². The first-order valence-electron chi connectivity index (χ1n) is 7.98. The third-order valence-electron chi connectivity index (χ3n) is 4.26. The molecular formula is C16H22N6O2. The molecule has 128 valence electrons. The number of nitrogens with one attached hydrogen (secondary N) is 1. The molecule has 0 unspecified atom stereocenters. The van der Waals surface area contributed by atoms with Gasteiger partial charge in [-0.2, -0.15) is 0 Å². The van der Waals surface area contributed by atoms with Gasteiger partial charge in [0.05, 0.1) is 11.7 Å². The van der Waals surface area contributed by atoms with Crippen LogP contribution in [0.25, 0.3) is 0 Å². The highest BCUT2D eigenvalue weighted by Crippen LogP contribution is 2.27. The van der Waals surface area contributed by atoms with Gasteiger partial charge in [0, 0.05) is 33.2 Å². The minimum absolute atomic E-state index is 0.109. The van der Waals surface area contributed by atoms with Gasteiger partial charge < -0.3 is 24.8 Å². The number of benzene rings is 1. The number of anilines is 1. The standard InChI is InChI=1S/C16H22N6O2/c1-12(15-19-17-11-20(15)2)18-16(24)22-9-7-21(8-10-22)13-5-3-4-6-14(13)23/h3-6,11-12,23H,7-10H2,1-2H3,(H,18,24)/t12-/m0/s1. The number of carbonyl (C=O) groups is 1. The maximum atomic E-state index is 12.4. The van der Waals surface area contributed by atoms with Gasteiger partial charge in [-0.1, -0.05) is 12.1 Å². The molecule has 1 saturated heterocycles.